The predicted molar refractivity (Wildman–Crippen MR) is 77.9 cm³/mol. The van der Waals surface area contributed by atoms with Gasteiger partial charge in [-0.15, -0.1) is 0 Å². The highest BCUT2D eigenvalue weighted by Crippen LogP contribution is 2.32. The molecule has 0 fully saturated rings. The van der Waals surface area contributed by atoms with Gasteiger partial charge in [-0.1, -0.05) is 30.3 Å². The molecule has 0 aromatic heterocycles. The molecule has 0 unspecified atom stereocenters. The van der Waals surface area contributed by atoms with E-state index in [0.29, 0.717) is 0 Å². The van der Waals surface area contributed by atoms with E-state index >= 15 is 0 Å². The number of hydrogen-bond acceptors (Lipinski definition) is 1. The quantitative estimate of drug-likeness (QED) is 0.749. The maximum atomic E-state index is 12.8. The first kappa shape index (κ1) is 14.2. The van der Waals surface area contributed by atoms with Crippen molar-refractivity contribution in [3.63, 3.8) is 0 Å². The summed E-state index contributed by atoms with van der Waals surface area (Å²) in [4.78, 5) is 0. The lowest BCUT2D eigenvalue weighted by atomic mass is 10.1. The topological polar surface area (TPSA) is 12.0 Å². The first-order valence-electron chi connectivity index (χ1n) is 5.62. The third-order valence-corrected chi connectivity index (χ3v) is 3.61. The van der Waals surface area contributed by atoms with Crippen LogP contribution in [-0.4, -0.2) is 0 Å². The Labute approximate surface area is 123 Å². The zero-order valence-corrected chi connectivity index (χ0v) is 12.0. The van der Waals surface area contributed by atoms with Gasteiger partial charge in [-0.3, -0.25) is 0 Å². The summed E-state index contributed by atoms with van der Waals surface area (Å²) in [5, 5.41) is 3.03. The third kappa shape index (κ3) is 3.62. The molecule has 0 atom stereocenters. The van der Waals surface area contributed by atoms with Crippen LogP contribution in [0.3, 0.4) is 0 Å². The number of anilines is 1. The second kappa shape index (κ2) is 5.81. The Bertz CT molecular complexity index is 567. The highest BCUT2D eigenvalue weighted by Gasteiger charge is 2.32. The number of nitrogens with one attached hydrogen (secondary N) is 1. The van der Waals surface area contributed by atoms with Crippen molar-refractivity contribution < 1.29 is 13.2 Å². The van der Waals surface area contributed by atoms with Crippen LogP contribution in [-0.2, 0) is 12.7 Å². The van der Waals surface area contributed by atoms with Gasteiger partial charge in [0.25, 0.3) is 0 Å². The van der Waals surface area contributed by atoms with Gasteiger partial charge in [0.1, 0.15) is 0 Å². The van der Waals surface area contributed by atoms with E-state index in [1.165, 1.54) is 12.1 Å². The minimum Gasteiger partial charge on any atom is -0.380 e. The van der Waals surface area contributed by atoms with Crippen molar-refractivity contribution in [1.29, 1.82) is 0 Å². The standard InChI is InChI=1S/C14H11F3IN/c15-14(16,17)11-6-2-1-5-10(11)9-19-13-8-4-3-7-12(13)18/h1-8,19H,9H2. The van der Waals surface area contributed by atoms with Crippen molar-refractivity contribution in [3.8, 4) is 0 Å². The predicted octanol–water partition coefficient (Wildman–Crippen LogP) is 4.92. The van der Waals surface area contributed by atoms with Crippen LogP contribution >= 0.6 is 22.6 Å². The molecule has 0 heterocycles. The van der Waals surface area contributed by atoms with Crippen LogP contribution in [0.1, 0.15) is 11.1 Å². The molecule has 2 aromatic rings. The van der Waals surface area contributed by atoms with Crippen LogP contribution in [0, 0.1) is 3.57 Å². The van der Waals surface area contributed by atoms with Gasteiger partial charge in [-0.05, 0) is 46.4 Å². The van der Waals surface area contributed by atoms with E-state index in [0.717, 1.165) is 15.3 Å². The average Bonchev–Trinajstić information content (AvgIpc) is 2.37. The zero-order chi connectivity index (χ0) is 13.9. The van der Waals surface area contributed by atoms with Crippen molar-refractivity contribution in [2.45, 2.75) is 12.7 Å². The van der Waals surface area contributed by atoms with E-state index in [1.54, 1.807) is 6.07 Å². The van der Waals surface area contributed by atoms with Crippen molar-refractivity contribution in [3.05, 3.63) is 63.2 Å². The number of alkyl halides is 3. The Kier molecular flexibility index (Phi) is 4.34. The average molecular weight is 377 g/mol. The van der Waals surface area contributed by atoms with Gasteiger partial charge in [0.15, 0.2) is 0 Å². The van der Waals surface area contributed by atoms with Crippen LogP contribution in [0.4, 0.5) is 18.9 Å². The second-order valence-corrected chi connectivity index (χ2v) is 5.15. The largest absolute Gasteiger partial charge is 0.416 e. The summed E-state index contributed by atoms with van der Waals surface area (Å²) in [6.07, 6.45) is -4.32. The van der Waals surface area contributed by atoms with Crippen LogP contribution < -0.4 is 5.32 Å². The van der Waals surface area contributed by atoms with Gasteiger partial charge in [0.05, 0.1) is 5.56 Å². The minimum atomic E-state index is -4.32. The van der Waals surface area contributed by atoms with E-state index in [9.17, 15) is 13.2 Å². The fourth-order valence-corrected chi connectivity index (χ4v) is 2.32. The molecule has 1 N–H and O–H groups in total. The van der Waals surface area contributed by atoms with Crippen LogP contribution in [0.15, 0.2) is 48.5 Å². The lowest BCUT2D eigenvalue weighted by Crippen LogP contribution is -2.11. The summed E-state index contributed by atoms with van der Waals surface area (Å²) in [6, 6.07) is 13.1. The van der Waals surface area contributed by atoms with Gasteiger partial charge >= 0.3 is 6.18 Å². The number of halogens is 4. The van der Waals surface area contributed by atoms with Crippen molar-refractivity contribution in [1.82, 2.24) is 0 Å². The highest BCUT2D eigenvalue weighted by atomic mass is 127. The van der Waals surface area contributed by atoms with E-state index in [4.69, 9.17) is 0 Å². The fraction of sp³-hybridized carbons (Fsp3) is 0.143. The van der Waals surface area contributed by atoms with Gasteiger partial charge < -0.3 is 5.32 Å². The second-order valence-electron chi connectivity index (χ2n) is 3.99. The first-order chi connectivity index (χ1) is 8.98. The molecule has 100 valence electrons. The Balaban J connectivity index is 2.19. The molecule has 2 aromatic carbocycles. The molecule has 0 aliphatic carbocycles. The van der Waals surface area contributed by atoms with Crippen LogP contribution in [0.2, 0.25) is 0 Å². The monoisotopic (exact) mass is 377 g/mol. The van der Waals surface area contributed by atoms with Crippen LogP contribution in [0.5, 0.6) is 0 Å². The molecule has 2 rings (SSSR count). The van der Waals surface area contributed by atoms with E-state index in [-0.39, 0.29) is 12.1 Å². The summed E-state index contributed by atoms with van der Waals surface area (Å²) in [5.74, 6) is 0. The van der Waals surface area contributed by atoms with Crippen LogP contribution in [0.25, 0.3) is 0 Å². The van der Waals surface area contributed by atoms with Crippen molar-refractivity contribution in [2.75, 3.05) is 5.32 Å². The molecule has 0 saturated heterocycles. The molecule has 1 nitrogen and oxygen atoms in total. The minimum absolute atomic E-state index is 0.149. The number of para-hydroxylation sites is 1. The molecule has 0 amide bonds. The smallest absolute Gasteiger partial charge is 0.380 e. The molecule has 19 heavy (non-hydrogen) atoms. The molecular formula is C14H11F3IN. The maximum absolute atomic E-state index is 12.8. The zero-order valence-electron chi connectivity index (χ0n) is 9.84. The summed E-state index contributed by atoms with van der Waals surface area (Å²) in [7, 11) is 0. The molecule has 5 heteroatoms. The SMILES string of the molecule is FC(F)(F)c1ccccc1CNc1ccccc1I. The lowest BCUT2D eigenvalue weighted by molar-refractivity contribution is -0.138. The summed E-state index contributed by atoms with van der Waals surface area (Å²) in [5.41, 5.74) is 0.489. The van der Waals surface area contributed by atoms with E-state index in [1.807, 2.05) is 24.3 Å². The maximum Gasteiger partial charge on any atom is 0.416 e. The third-order valence-electron chi connectivity index (χ3n) is 2.67. The van der Waals surface area contributed by atoms with Crippen molar-refractivity contribution >= 4 is 28.3 Å². The lowest BCUT2D eigenvalue weighted by Gasteiger charge is -2.14. The number of benzene rings is 2. The Morgan fingerprint density at radius 2 is 1.58 bits per heavy atom. The van der Waals surface area contributed by atoms with Gasteiger partial charge in [-0.25, -0.2) is 0 Å². The Morgan fingerprint density at radius 3 is 2.26 bits per heavy atom. The molecule has 0 aliphatic rings. The number of rotatable bonds is 3. The molecule has 0 bridgehead atoms. The summed E-state index contributed by atoms with van der Waals surface area (Å²) in [6.45, 7) is 0.149. The molecule has 0 aliphatic heterocycles. The fourth-order valence-electron chi connectivity index (χ4n) is 1.75. The summed E-state index contributed by atoms with van der Waals surface area (Å²) < 4.78 is 39.4. The molecule has 0 radical (unpaired) electrons. The Hall–Kier alpha value is -1.24. The van der Waals surface area contributed by atoms with E-state index in [2.05, 4.69) is 27.9 Å². The van der Waals surface area contributed by atoms with Gasteiger partial charge in [0, 0.05) is 15.8 Å². The van der Waals surface area contributed by atoms with E-state index < -0.39 is 11.7 Å². The van der Waals surface area contributed by atoms with Gasteiger partial charge in [-0.2, -0.15) is 13.2 Å². The Morgan fingerprint density at radius 1 is 0.947 bits per heavy atom. The normalized spacial score (nSPS) is 11.4. The highest BCUT2D eigenvalue weighted by molar-refractivity contribution is 14.1. The first-order valence-corrected chi connectivity index (χ1v) is 6.70. The summed E-state index contributed by atoms with van der Waals surface area (Å²) >= 11 is 2.14. The van der Waals surface area contributed by atoms with Gasteiger partial charge in [0.2, 0.25) is 0 Å². The van der Waals surface area contributed by atoms with Crippen molar-refractivity contribution in [2.24, 2.45) is 0 Å². The molecule has 0 spiro atoms. The molecule has 0 saturated carbocycles. The number of hydrogen-bond donors (Lipinski definition) is 1. The molecular weight excluding hydrogens is 366 g/mol.